The SMILES string of the molecule is Cc1nn(C)c2sc(C(=O)N3CC[C@H](C)Nc4ccccc43)cc12. The van der Waals surface area contributed by atoms with E-state index in [1.54, 1.807) is 0 Å². The molecule has 3 heterocycles. The van der Waals surface area contributed by atoms with Crippen LogP contribution < -0.4 is 10.2 Å². The van der Waals surface area contributed by atoms with Crippen molar-refractivity contribution >= 4 is 38.8 Å². The van der Waals surface area contributed by atoms with Crippen molar-refractivity contribution in [3.63, 3.8) is 0 Å². The third-order valence-electron chi connectivity index (χ3n) is 4.53. The van der Waals surface area contributed by atoms with E-state index in [9.17, 15) is 4.79 Å². The zero-order chi connectivity index (χ0) is 16.8. The molecule has 0 bridgehead atoms. The molecule has 4 rings (SSSR count). The van der Waals surface area contributed by atoms with E-state index in [1.165, 1.54) is 11.3 Å². The van der Waals surface area contributed by atoms with Crippen LogP contribution in [0.4, 0.5) is 11.4 Å². The summed E-state index contributed by atoms with van der Waals surface area (Å²) in [4.78, 5) is 16.9. The molecular formula is C18H20N4OS. The van der Waals surface area contributed by atoms with E-state index in [4.69, 9.17) is 0 Å². The fraction of sp³-hybridized carbons (Fsp3) is 0.333. The van der Waals surface area contributed by atoms with Crippen LogP contribution in [0.1, 0.15) is 28.7 Å². The second kappa shape index (κ2) is 5.63. The molecule has 1 atom stereocenters. The number of aryl methyl sites for hydroxylation is 2. The van der Waals surface area contributed by atoms with Crippen LogP contribution in [0.3, 0.4) is 0 Å². The molecule has 124 valence electrons. The Morgan fingerprint density at radius 2 is 2.17 bits per heavy atom. The lowest BCUT2D eigenvalue weighted by Crippen LogP contribution is -2.31. The van der Waals surface area contributed by atoms with Gasteiger partial charge in [0, 0.05) is 25.0 Å². The zero-order valence-electron chi connectivity index (χ0n) is 14.0. The number of nitrogens with zero attached hydrogens (tertiary/aromatic N) is 3. The second-order valence-corrected chi connectivity index (χ2v) is 7.38. The van der Waals surface area contributed by atoms with Gasteiger partial charge in [0.05, 0.1) is 21.9 Å². The third-order valence-corrected chi connectivity index (χ3v) is 5.72. The summed E-state index contributed by atoms with van der Waals surface area (Å²) < 4.78 is 1.85. The molecule has 1 aromatic carbocycles. The fourth-order valence-corrected chi connectivity index (χ4v) is 4.34. The number of benzene rings is 1. The standard InChI is InChI=1S/C18H20N4OS/c1-11-8-9-22(15-7-5-4-6-14(15)19-11)17(23)16-10-13-12(2)20-21(3)18(13)24-16/h4-7,10-11,19H,8-9H2,1-3H3/t11-/m0/s1. The predicted molar refractivity (Wildman–Crippen MR) is 99.1 cm³/mol. The van der Waals surface area contributed by atoms with Crippen LogP contribution >= 0.6 is 11.3 Å². The van der Waals surface area contributed by atoms with Gasteiger partial charge in [-0.15, -0.1) is 11.3 Å². The normalized spacial score (nSPS) is 17.5. The molecule has 0 unspecified atom stereocenters. The van der Waals surface area contributed by atoms with Gasteiger partial charge in [-0.1, -0.05) is 12.1 Å². The molecule has 2 aromatic heterocycles. The second-order valence-electron chi connectivity index (χ2n) is 6.35. The Morgan fingerprint density at radius 3 is 2.96 bits per heavy atom. The molecule has 0 radical (unpaired) electrons. The summed E-state index contributed by atoms with van der Waals surface area (Å²) in [6, 6.07) is 10.4. The Balaban J connectivity index is 1.76. The smallest absolute Gasteiger partial charge is 0.268 e. The van der Waals surface area contributed by atoms with Crippen LogP contribution in [0.25, 0.3) is 10.2 Å². The van der Waals surface area contributed by atoms with Crippen molar-refractivity contribution < 1.29 is 4.79 Å². The van der Waals surface area contributed by atoms with E-state index in [0.29, 0.717) is 6.04 Å². The van der Waals surface area contributed by atoms with E-state index >= 15 is 0 Å². The molecule has 0 saturated carbocycles. The Bertz CT molecular complexity index is 892. The molecule has 1 amide bonds. The Morgan fingerprint density at radius 1 is 1.38 bits per heavy atom. The van der Waals surface area contributed by atoms with Crippen LogP contribution in [0.15, 0.2) is 30.3 Å². The molecule has 0 fully saturated rings. The zero-order valence-corrected chi connectivity index (χ0v) is 14.9. The van der Waals surface area contributed by atoms with Crippen molar-refractivity contribution in [3.8, 4) is 0 Å². The van der Waals surface area contributed by atoms with Crippen molar-refractivity contribution in [2.45, 2.75) is 26.3 Å². The first kappa shape index (κ1) is 15.2. The van der Waals surface area contributed by atoms with Crippen molar-refractivity contribution in [2.75, 3.05) is 16.8 Å². The largest absolute Gasteiger partial charge is 0.381 e. The highest BCUT2D eigenvalue weighted by Gasteiger charge is 2.26. The number of para-hydroxylation sites is 2. The van der Waals surface area contributed by atoms with E-state index in [1.807, 2.05) is 53.9 Å². The van der Waals surface area contributed by atoms with E-state index < -0.39 is 0 Å². The van der Waals surface area contributed by atoms with Crippen LogP contribution in [0, 0.1) is 6.92 Å². The maximum absolute atomic E-state index is 13.2. The minimum atomic E-state index is 0.0685. The van der Waals surface area contributed by atoms with Crippen molar-refractivity contribution in [1.82, 2.24) is 9.78 Å². The number of hydrogen-bond acceptors (Lipinski definition) is 4. The van der Waals surface area contributed by atoms with Gasteiger partial charge in [0.1, 0.15) is 4.83 Å². The van der Waals surface area contributed by atoms with Gasteiger partial charge in [-0.25, -0.2) is 0 Å². The third kappa shape index (κ3) is 2.38. The number of aromatic nitrogens is 2. The first-order valence-corrected chi connectivity index (χ1v) is 8.97. The number of anilines is 2. The Labute approximate surface area is 144 Å². The molecule has 1 N–H and O–H groups in total. The van der Waals surface area contributed by atoms with Crippen molar-refractivity contribution in [1.29, 1.82) is 0 Å². The number of carbonyl (C=O) groups excluding carboxylic acids is 1. The lowest BCUT2D eigenvalue weighted by Gasteiger charge is -2.21. The van der Waals surface area contributed by atoms with Gasteiger partial charge in [0.15, 0.2) is 0 Å². The van der Waals surface area contributed by atoms with Crippen molar-refractivity contribution in [3.05, 3.63) is 40.9 Å². The molecule has 1 aliphatic heterocycles. The van der Waals surface area contributed by atoms with Gasteiger partial charge in [-0.3, -0.25) is 9.48 Å². The van der Waals surface area contributed by atoms with E-state index in [0.717, 1.165) is 45.1 Å². The minimum absolute atomic E-state index is 0.0685. The lowest BCUT2D eigenvalue weighted by atomic mass is 10.2. The fourth-order valence-electron chi connectivity index (χ4n) is 3.27. The van der Waals surface area contributed by atoms with Gasteiger partial charge in [0.2, 0.25) is 0 Å². The summed E-state index contributed by atoms with van der Waals surface area (Å²) in [6.07, 6.45) is 0.923. The monoisotopic (exact) mass is 340 g/mol. The first-order chi connectivity index (χ1) is 11.5. The number of amides is 1. The van der Waals surface area contributed by atoms with Crippen molar-refractivity contribution in [2.24, 2.45) is 7.05 Å². The summed E-state index contributed by atoms with van der Waals surface area (Å²) in [5.41, 5.74) is 2.95. The molecule has 0 spiro atoms. The molecule has 0 saturated heterocycles. The molecular weight excluding hydrogens is 320 g/mol. The number of fused-ring (bicyclic) bond motifs is 2. The Kier molecular flexibility index (Phi) is 3.57. The van der Waals surface area contributed by atoms with Gasteiger partial charge < -0.3 is 10.2 Å². The maximum atomic E-state index is 13.2. The van der Waals surface area contributed by atoms with Crippen LogP contribution in [-0.4, -0.2) is 28.3 Å². The highest BCUT2D eigenvalue weighted by Crippen LogP contribution is 2.34. The summed E-state index contributed by atoms with van der Waals surface area (Å²) in [7, 11) is 1.92. The van der Waals surface area contributed by atoms with Crippen LogP contribution in [-0.2, 0) is 7.05 Å². The maximum Gasteiger partial charge on any atom is 0.268 e. The summed E-state index contributed by atoms with van der Waals surface area (Å²) in [6.45, 7) is 4.85. The highest BCUT2D eigenvalue weighted by atomic mass is 32.1. The van der Waals surface area contributed by atoms with E-state index in [2.05, 4.69) is 17.3 Å². The number of carbonyl (C=O) groups is 1. The number of nitrogens with one attached hydrogen (secondary N) is 1. The van der Waals surface area contributed by atoms with Gasteiger partial charge in [-0.2, -0.15) is 5.10 Å². The number of hydrogen-bond donors (Lipinski definition) is 1. The van der Waals surface area contributed by atoms with Gasteiger partial charge in [-0.05, 0) is 38.5 Å². The number of thiophene rings is 1. The van der Waals surface area contributed by atoms with Gasteiger partial charge in [0.25, 0.3) is 5.91 Å². The summed E-state index contributed by atoms with van der Waals surface area (Å²) in [5.74, 6) is 0.0685. The molecule has 0 aliphatic carbocycles. The topological polar surface area (TPSA) is 50.2 Å². The molecule has 24 heavy (non-hydrogen) atoms. The molecule has 5 nitrogen and oxygen atoms in total. The predicted octanol–water partition coefficient (Wildman–Crippen LogP) is 3.79. The van der Waals surface area contributed by atoms with Crippen LogP contribution in [0.2, 0.25) is 0 Å². The average Bonchev–Trinajstić information content (AvgIpc) is 3.05. The Hall–Kier alpha value is -2.34. The average molecular weight is 340 g/mol. The molecule has 1 aliphatic rings. The van der Waals surface area contributed by atoms with Gasteiger partial charge >= 0.3 is 0 Å². The molecule has 6 heteroatoms. The highest BCUT2D eigenvalue weighted by molar-refractivity contribution is 7.20. The number of rotatable bonds is 1. The van der Waals surface area contributed by atoms with Crippen LogP contribution in [0.5, 0.6) is 0 Å². The first-order valence-electron chi connectivity index (χ1n) is 8.15. The summed E-state index contributed by atoms with van der Waals surface area (Å²) >= 11 is 1.52. The molecule has 3 aromatic rings. The minimum Gasteiger partial charge on any atom is -0.381 e. The summed E-state index contributed by atoms with van der Waals surface area (Å²) in [5, 5.41) is 8.98. The quantitative estimate of drug-likeness (QED) is 0.733. The lowest BCUT2D eigenvalue weighted by molar-refractivity contribution is 0.0991. The van der Waals surface area contributed by atoms with E-state index in [-0.39, 0.29) is 5.91 Å².